The fourth-order valence-corrected chi connectivity index (χ4v) is 5.40. The summed E-state index contributed by atoms with van der Waals surface area (Å²) in [7, 11) is 1.78. The van der Waals surface area contributed by atoms with Crippen LogP contribution in [0.3, 0.4) is 0 Å². The largest absolute Gasteiger partial charge is 0.493 e. The molecule has 5 heteroatoms. The fraction of sp³-hybridized carbons (Fsp3) is 0.611. The van der Waals surface area contributed by atoms with Crippen LogP contribution in [0, 0.1) is 0 Å². The van der Waals surface area contributed by atoms with Crippen molar-refractivity contribution >= 4 is 17.7 Å². The first-order chi connectivity index (χ1) is 11.2. The lowest BCUT2D eigenvalue weighted by Crippen LogP contribution is -2.61. The number of benzene rings is 1. The van der Waals surface area contributed by atoms with E-state index in [0.29, 0.717) is 12.5 Å². The molecule has 1 unspecified atom stereocenters. The summed E-state index contributed by atoms with van der Waals surface area (Å²) < 4.78 is 11.4. The normalized spacial score (nSPS) is 24.9. The molecule has 0 radical (unpaired) electrons. The number of methoxy groups -OCH3 is 1. The first-order valence-electron chi connectivity index (χ1n) is 8.37. The van der Waals surface area contributed by atoms with Crippen molar-refractivity contribution in [2.75, 3.05) is 32.6 Å². The Morgan fingerprint density at radius 1 is 1.48 bits per heavy atom. The monoisotopic (exact) mass is 333 g/mol. The second-order valence-electron chi connectivity index (χ2n) is 6.88. The van der Waals surface area contributed by atoms with E-state index >= 15 is 0 Å². The first kappa shape index (κ1) is 15.3. The van der Waals surface area contributed by atoms with E-state index in [0.717, 1.165) is 56.0 Å². The summed E-state index contributed by atoms with van der Waals surface area (Å²) in [6, 6.07) is 6.20. The number of likely N-dealkylation sites (tertiary alicyclic amines) is 1. The molecule has 2 saturated heterocycles. The molecule has 4 nitrogen and oxygen atoms in total. The van der Waals surface area contributed by atoms with Crippen LogP contribution in [0.1, 0.15) is 24.0 Å². The van der Waals surface area contributed by atoms with Crippen molar-refractivity contribution in [1.82, 2.24) is 4.90 Å². The minimum Gasteiger partial charge on any atom is -0.493 e. The SMILES string of the molecule is COC1CSC2(C1)CN(C(=O)Cc1ccc3c(c1)CCCO3)C2. The topological polar surface area (TPSA) is 38.8 Å². The summed E-state index contributed by atoms with van der Waals surface area (Å²) in [5.74, 6) is 2.29. The van der Waals surface area contributed by atoms with Crippen molar-refractivity contribution in [3.63, 3.8) is 0 Å². The number of fused-ring (bicyclic) bond motifs is 1. The van der Waals surface area contributed by atoms with Crippen molar-refractivity contribution in [3.8, 4) is 5.75 Å². The molecular weight excluding hydrogens is 310 g/mol. The van der Waals surface area contributed by atoms with Gasteiger partial charge in [0.05, 0.1) is 23.9 Å². The average Bonchev–Trinajstić information content (AvgIpc) is 2.98. The van der Waals surface area contributed by atoms with E-state index in [1.54, 1.807) is 7.11 Å². The van der Waals surface area contributed by atoms with E-state index < -0.39 is 0 Å². The van der Waals surface area contributed by atoms with Crippen LogP contribution in [0.25, 0.3) is 0 Å². The maximum atomic E-state index is 12.5. The van der Waals surface area contributed by atoms with Gasteiger partial charge in [0.25, 0.3) is 0 Å². The number of thioether (sulfide) groups is 1. The smallest absolute Gasteiger partial charge is 0.227 e. The highest BCUT2D eigenvalue weighted by atomic mass is 32.2. The minimum absolute atomic E-state index is 0.244. The third-order valence-electron chi connectivity index (χ3n) is 5.15. The van der Waals surface area contributed by atoms with E-state index in [9.17, 15) is 4.79 Å². The van der Waals surface area contributed by atoms with Crippen LogP contribution < -0.4 is 4.74 Å². The van der Waals surface area contributed by atoms with Gasteiger partial charge in [-0.2, -0.15) is 0 Å². The lowest BCUT2D eigenvalue weighted by Gasteiger charge is -2.47. The molecule has 1 atom stereocenters. The standard InChI is InChI=1S/C18H23NO3S/c1-21-15-9-18(23-10-15)11-19(12-18)17(20)8-13-4-5-16-14(7-13)3-2-6-22-16/h4-5,7,15H,2-3,6,8-12H2,1H3. The molecule has 0 saturated carbocycles. The van der Waals surface area contributed by atoms with Gasteiger partial charge in [-0.25, -0.2) is 0 Å². The molecule has 1 amide bonds. The highest BCUT2D eigenvalue weighted by molar-refractivity contribution is 8.01. The number of nitrogens with zero attached hydrogens (tertiary/aromatic N) is 1. The molecule has 0 aliphatic carbocycles. The molecule has 0 N–H and O–H groups in total. The van der Waals surface area contributed by atoms with Crippen molar-refractivity contribution < 1.29 is 14.3 Å². The number of amides is 1. The minimum atomic E-state index is 0.244. The molecule has 23 heavy (non-hydrogen) atoms. The zero-order chi connectivity index (χ0) is 15.9. The molecule has 3 heterocycles. The Morgan fingerprint density at radius 2 is 2.35 bits per heavy atom. The number of rotatable bonds is 3. The summed E-state index contributed by atoms with van der Waals surface area (Å²) >= 11 is 1.97. The van der Waals surface area contributed by atoms with Crippen LogP contribution in [0.15, 0.2) is 18.2 Å². The predicted octanol–water partition coefficient (Wildman–Crippen LogP) is 2.29. The Bertz CT molecular complexity index is 612. The fourth-order valence-electron chi connectivity index (χ4n) is 3.81. The lowest BCUT2D eigenvalue weighted by atomic mass is 9.92. The third kappa shape index (κ3) is 2.96. The second-order valence-corrected chi connectivity index (χ2v) is 8.36. The Kier molecular flexibility index (Phi) is 4.01. The Morgan fingerprint density at radius 3 is 3.13 bits per heavy atom. The van der Waals surface area contributed by atoms with Gasteiger partial charge in [-0.15, -0.1) is 11.8 Å². The zero-order valence-electron chi connectivity index (χ0n) is 13.5. The number of ether oxygens (including phenoxy) is 2. The van der Waals surface area contributed by atoms with Crippen LogP contribution in [0.2, 0.25) is 0 Å². The molecule has 1 aromatic rings. The van der Waals surface area contributed by atoms with Gasteiger partial charge < -0.3 is 14.4 Å². The van der Waals surface area contributed by atoms with Crippen molar-refractivity contribution in [2.24, 2.45) is 0 Å². The maximum absolute atomic E-state index is 12.5. The van der Waals surface area contributed by atoms with E-state index in [1.165, 1.54) is 5.56 Å². The van der Waals surface area contributed by atoms with Crippen LogP contribution in [-0.4, -0.2) is 54.2 Å². The van der Waals surface area contributed by atoms with Gasteiger partial charge in [0.1, 0.15) is 5.75 Å². The number of hydrogen-bond acceptors (Lipinski definition) is 4. The summed E-state index contributed by atoms with van der Waals surface area (Å²) in [5, 5.41) is 0. The molecule has 4 rings (SSSR count). The lowest BCUT2D eigenvalue weighted by molar-refractivity contribution is -0.135. The molecule has 1 aromatic carbocycles. The zero-order valence-corrected chi connectivity index (χ0v) is 14.4. The van der Waals surface area contributed by atoms with Gasteiger partial charge in [-0.05, 0) is 36.5 Å². The third-order valence-corrected chi connectivity index (χ3v) is 6.72. The van der Waals surface area contributed by atoms with Gasteiger partial charge in [0, 0.05) is 26.0 Å². The highest BCUT2D eigenvalue weighted by Gasteiger charge is 2.50. The Hall–Kier alpha value is -1.20. The van der Waals surface area contributed by atoms with Crippen LogP contribution >= 0.6 is 11.8 Å². The van der Waals surface area contributed by atoms with E-state index in [4.69, 9.17) is 9.47 Å². The summed E-state index contributed by atoms with van der Waals surface area (Å²) in [4.78, 5) is 14.5. The molecule has 2 fully saturated rings. The Balaban J connectivity index is 1.35. The molecule has 0 bridgehead atoms. The first-order valence-corrected chi connectivity index (χ1v) is 9.35. The highest BCUT2D eigenvalue weighted by Crippen LogP contribution is 2.46. The van der Waals surface area contributed by atoms with Crippen molar-refractivity contribution in [1.29, 1.82) is 0 Å². The van der Waals surface area contributed by atoms with Crippen molar-refractivity contribution in [2.45, 2.75) is 36.5 Å². The van der Waals surface area contributed by atoms with E-state index in [-0.39, 0.29) is 10.7 Å². The molecule has 3 aliphatic rings. The maximum Gasteiger partial charge on any atom is 0.227 e. The summed E-state index contributed by atoms with van der Waals surface area (Å²) in [6.45, 7) is 2.57. The van der Waals surface area contributed by atoms with Crippen LogP contribution in [0.5, 0.6) is 5.75 Å². The number of aryl methyl sites for hydroxylation is 1. The van der Waals surface area contributed by atoms with Gasteiger partial charge >= 0.3 is 0 Å². The molecule has 1 spiro atoms. The van der Waals surface area contributed by atoms with Crippen molar-refractivity contribution in [3.05, 3.63) is 29.3 Å². The van der Waals surface area contributed by atoms with Crippen LogP contribution in [-0.2, 0) is 22.4 Å². The second kappa shape index (κ2) is 6.02. The number of carbonyl (C=O) groups is 1. The quantitative estimate of drug-likeness (QED) is 0.851. The van der Waals surface area contributed by atoms with Gasteiger partial charge in [-0.1, -0.05) is 12.1 Å². The van der Waals surface area contributed by atoms with Gasteiger partial charge in [0.15, 0.2) is 0 Å². The number of hydrogen-bond donors (Lipinski definition) is 0. The van der Waals surface area contributed by atoms with Gasteiger partial charge in [0.2, 0.25) is 5.91 Å². The summed E-state index contributed by atoms with van der Waals surface area (Å²) in [6.07, 6.45) is 4.06. The summed E-state index contributed by atoms with van der Waals surface area (Å²) in [5.41, 5.74) is 2.35. The predicted molar refractivity (Wildman–Crippen MR) is 91.1 cm³/mol. The van der Waals surface area contributed by atoms with Gasteiger partial charge in [-0.3, -0.25) is 4.79 Å². The number of carbonyl (C=O) groups excluding carboxylic acids is 1. The molecule has 0 aromatic heterocycles. The van der Waals surface area contributed by atoms with Crippen LogP contribution in [0.4, 0.5) is 0 Å². The van der Waals surface area contributed by atoms with E-state index in [1.807, 2.05) is 28.8 Å². The van der Waals surface area contributed by atoms with E-state index in [2.05, 4.69) is 6.07 Å². The molecule has 3 aliphatic heterocycles. The Labute approximate surface area is 141 Å². The average molecular weight is 333 g/mol. The molecular formula is C18H23NO3S. The molecule has 124 valence electrons.